The topological polar surface area (TPSA) is 96.0 Å². The number of nitrogens with zero attached hydrogens (tertiary/aromatic N) is 2. The first-order chi connectivity index (χ1) is 24.2. The summed E-state index contributed by atoms with van der Waals surface area (Å²) in [5.74, 6) is 0.317. The van der Waals surface area contributed by atoms with Gasteiger partial charge in [-0.15, -0.1) is 0 Å². The van der Waals surface area contributed by atoms with E-state index in [1.54, 1.807) is 42.5 Å². The average Bonchev–Trinajstić information content (AvgIpc) is 3.14. The van der Waals surface area contributed by atoms with Crippen LogP contribution >= 0.6 is 15.9 Å². The molecule has 0 aliphatic heterocycles. The van der Waals surface area contributed by atoms with Gasteiger partial charge in [0.15, 0.2) is 0 Å². The molecule has 10 heteroatoms. The standard InChI is InChI=1S/C40H40BrN3O5S/c1-2-3-27-42-40(46)38(28-31-13-7-4-8-14-31)43(29-32-19-21-33(41)22-20-32)39(45)30-44(50(47,48)37-17-11-6-12-18-37)34-23-25-36(26-24-34)49-35-15-9-5-10-16-35/h4-26,38H,2-3,27-30H2,1H3,(H,42,46). The van der Waals surface area contributed by atoms with Crippen LogP contribution in [-0.4, -0.2) is 44.3 Å². The Morgan fingerprint density at radius 3 is 1.94 bits per heavy atom. The summed E-state index contributed by atoms with van der Waals surface area (Å²) in [5, 5.41) is 3.02. The Morgan fingerprint density at radius 2 is 1.32 bits per heavy atom. The van der Waals surface area contributed by atoms with Crippen LogP contribution in [0.25, 0.3) is 0 Å². The smallest absolute Gasteiger partial charge is 0.264 e. The van der Waals surface area contributed by atoms with Gasteiger partial charge in [-0.3, -0.25) is 13.9 Å². The van der Waals surface area contributed by atoms with Gasteiger partial charge in [0, 0.05) is 24.0 Å². The molecule has 258 valence electrons. The number of benzene rings is 5. The fourth-order valence-electron chi connectivity index (χ4n) is 5.40. The molecular weight excluding hydrogens is 714 g/mol. The van der Waals surface area contributed by atoms with Crippen molar-refractivity contribution in [3.05, 3.63) is 155 Å². The second-order valence-corrected chi connectivity index (χ2v) is 14.5. The SMILES string of the molecule is CCCCNC(=O)C(Cc1ccccc1)N(Cc1ccc(Br)cc1)C(=O)CN(c1ccc(Oc2ccccc2)cc1)S(=O)(=O)c1ccccc1. The number of hydrogen-bond acceptors (Lipinski definition) is 5. The molecule has 5 aromatic rings. The van der Waals surface area contributed by atoms with Gasteiger partial charge in [0.25, 0.3) is 10.0 Å². The second-order valence-electron chi connectivity index (χ2n) is 11.7. The van der Waals surface area contributed by atoms with Crippen LogP contribution in [0.2, 0.25) is 0 Å². The molecule has 0 spiro atoms. The maximum absolute atomic E-state index is 14.7. The highest BCUT2D eigenvalue weighted by molar-refractivity contribution is 9.10. The summed E-state index contributed by atoms with van der Waals surface area (Å²) >= 11 is 3.47. The van der Waals surface area contributed by atoms with Crippen LogP contribution in [0.3, 0.4) is 0 Å². The van der Waals surface area contributed by atoms with Crippen molar-refractivity contribution >= 4 is 43.5 Å². The van der Waals surface area contributed by atoms with E-state index >= 15 is 0 Å². The first-order valence-electron chi connectivity index (χ1n) is 16.5. The van der Waals surface area contributed by atoms with Crippen molar-refractivity contribution in [2.45, 2.75) is 43.7 Å². The number of carbonyl (C=O) groups is 2. The summed E-state index contributed by atoms with van der Waals surface area (Å²) in [6, 6.07) is 39.9. The van der Waals surface area contributed by atoms with Crippen molar-refractivity contribution in [3.8, 4) is 11.5 Å². The highest BCUT2D eigenvalue weighted by atomic mass is 79.9. The van der Waals surface area contributed by atoms with E-state index in [2.05, 4.69) is 21.2 Å². The van der Waals surface area contributed by atoms with Crippen LogP contribution in [0.5, 0.6) is 11.5 Å². The molecule has 1 N–H and O–H groups in total. The maximum Gasteiger partial charge on any atom is 0.264 e. The first kappa shape index (κ1) is 36.4. The van der Waals surface area contributed by atoms with Crippen LogP contribution in [0.4, 0.5) is 5.69 Å². The number of anilines is 1. The molecule has 1 unspecified atom stereocenters. The van der Waals surface area contributed by atoms with Gasteiger partial charge in [-0.25, -0.2) is 8.42 Å². The molecule has 0 radical (unpaired) electrons. The molecule has 0 heterocycles. The van der Waals surface area contributed by atoms with E-state index in [-0.39, 0.29) is 29.5 Å². The zero-order valence-corrected chi connectivity index (χ0v) is 30.2. The number of carbonyl (C=O) groups excluding carboxylic acids is 2. The quantitative estimate of drug-likeness (QED) is 0.103. The first-order valence-corrected chi connectivity index (χ1v) is 18.7. The average molecular weight is 755 g/mol. The van der Waals surface area contributed by atoms with E-state index < -0.39 is 28.5 Å². The maximum atomic E-state index is 14.7. The molecule has 0 fully saturated rings. The minimum atomic E-state index is -4.22. The molecule has 0 aromatic heterocycles. The number of para-hydroxylation sites is 1. The Bertz CT molecular complexity index is 1930. The lowest BCUT2D eigenvalue weighted by molar-refractivity contribution is -0.140. The third-order valence-corrected chi connectivity index (χ3v) is 10.4. The number of hydrogen-bond donors (Lipinski definition) is 1. The molecule has 0 bridgehead atoms. The lowest BCUT2D eigenvalue weighted by Gasteiger charge is -2.34. The monoisotopic (exact) mass is 753 g/mol. The predicted molar refractivity (Wildman–Crippen MR) is 200 cm³/mol. The van der Waals surface area contributed by atoms with Crippen LogP contribution in [0, 0.1) is 0 Å². The number of sulfonamides is 1. The molecule has 0 saturated heterocycles. The van der Waals surface area contributed by atoms with E-state index in [0.29, 0.717) is 18.0 Å². The highest BCUT2D eigenvalue weighted by Gasteiger charge is 2.34. The van der Waals surface area contributed by atoms with E-state index in [9.17, 15) is 18.0 Å². The lowest BCUT2D eigenvalue weighted by Crippen LogP contribution is -2.53. The van der Waals surface area contributed by atoms with Crippen molar-refractivity contribution in [2.24, 2.45) is 0 Å². The normalized spacial score (nSPS) is 11.7. The zero-order chi connectivity index (χ0) is 35.3. The van der Waals surface area contributed by atoms with Crippen LogP contribution in [0.1, 0.15) is 30.9 Å². The lowest BCUT2D eigenvalue weighted by atomic mass is 10.0. The zero-order valence-electron chi connectivity index (χ0n) is 27.8. The van der Waals surface area contributed by atoms with Gasteiger partial charge in [0.2, 0.25) is 11.8 Å². The third-order valence-electron chi connectivity index (χ3n) is 8.08. The van der Waals surface area contributed by atoms with Crippen LogP contribution in [-0.2, 0) is 32.6 Å². The highest BCUT2D eigenvalue weighted by Crippen LogP contribution is 2.29. The van der Waals surface area contributed by atoms with Crippen molar-refractivity contribution in [1.29, 1.82) is 0 Å². The minimum absolute atomic E-state index is 0.0371. The number of ether oxygens (including phenoxy) is 1. The number of halogens is 1. The number of amides is 2. The van der Waals surface area contributed by atoms with Gasteiger partial charge in [0.05, 0.1) is 10.6 Å². The van der Waals surface area contributed by atoms with E-state index in [0.717, 1.165) is 32.7 Å². The molecule has 0 aliphatic rings. The Hall–Kier alpha value is -4.93. The van der Waals surface area contributed by atoms with Crippen molar-refractivity contribution < 1.29 is 22.7 Å². The molecule has 5 rings (SSSR count). The molecule has 0 aliphatic carbocycles. The van der Waals surface area contributed by atoms with Gasteiger partial charge in [0.1, 0.15) is 24.1 Å². The number of rotatable bonds is 16. The predicted octanol–water partition coefficient (Wildman–Crippen LogP) is 7.99. The van der Waals surface area contributed by atoms with E-state index in [1.165, 1.54) is 17.0 Å². The number of nitrogens with one attached hydrogen (secondary N) is 1. The summed E-state index contributed by atoms with van der Waals surface area (Å²) in [7, 11) is -4.22. The molecule has 50 heavy (non-hydrogen) atoms. The third kappa shape index (κ3) is 9.83. The van der Waals surface area contributed by atoms with Crippen LogP contribution in [0.15, 0.2) is 149 Å². The fraction of sp³-hybridized carbons (Fsp3) is 0.200. The summed E-state index contributed by atoms with van der Waals surface area (Å²) < 4.78 is 36.5. The minimum Gasteiger partial charge on any atom is -0.457 e. The summed E-state index contributed by atoms with van der Waals surface area (Å²) in [4.78, 5) is 30.1. The largest absolute Gasteiger partial charge is 0.457 e. The van der Waals surface area contributed by atoms with Crippen molar-refractivity contribution in [2.75, 3.05) is 17.4 Å². The molecule has 5 aromatic carbocycles. The summed E-state index contributed by atoms with van der Waals surface area (Å²) in [6.07, 6.45) is 1.93. The molecule has 0 saturated carbocycles. The fourth-order valence-corrected chi connectivity index (χ4v) is 7.10. The Morgan fingerprint density at radius 1 is 0.740 bits per heavy atom. The van der Waals surface area contributed by atoms with Gasteiger partial charge in [-0.05, 0) is 78.2 Å². The van der Waals surface area contributed by atoms with Gasteiger partial charge < -0.3 is 15.0 Å². The molecule has 2 amide bonds. The number of unbranched alkanes of at least 4 members (excludes halogenated alkanes) is 1. The molecule has 1 atom stereocenters. The molecular formula is C40H40BrN3O5S. The van der Waals surface area contributed by atoms with Crippen molar-refractivity contribution in [1.82, 2.24) is 10.2 Å². The van der Waals surface area contributed by atoms with Crippen molar-refractivity contribution in [3.63, 3.8) is 0 Å². The second kappa shape index (κ2) is 17.6. The van der Waals surface area contributed by atoms with Gasteiger partial charge >= 0.3 is 0 Å². The van der Waals surface area contributed by atoms with E-state index in [4.69, 9.17) is 4.74 Å². The van der Waals surface area contributed by atoms with Gasteiger partial charge in [-0.1, -0.05) is 108 Å². The van der Waals surface area contributed by atoms with Gasteiger partial charge in [-0.2, -0.15) is 0 Å². The Labute approximate surface area is 302 Å². The Balaban J connectivity index is 1.53. The summed E-state index contributed by atoms with van der Waals surface area (Å²) in [6.45, 7) is 2.06. The van der Waals surface area contributed by atoms with Crippen LogP contribution < -0.4 is 14.4 Å². The Kier molecular flexibility index (Phi) is 12.8. The summed E-state index contributed by atoms with van der Waals surface area (Å²) in [5.41, 5.74) is 1.94. The molecule has 8 nitrogen and oxygen atoms in total. The van der Waals surface area contributed by atoms with E-state index in [1.807, 2.05) is 91.9 Å².